The van der Waals surface area contributed by atoms with Gasteiger partial charge in [0, 0.05) is 24.2 Å². The first kappa shape index (κ1) is 15.2. The number of hydrogen-bond donors (Lipinski definition) is 1. The molecule has 1 aromatic heterocycles. The SMILES string of the molecule is NC(=O)C1CN(C(=O)/C=C/c2ccnc3ccccc23)CCO1. The molecule has 1 unspecified atom stereocenters. The number of rotatable bonds is 3. The Balaban J connectivity index is 1.76. The molecule has 23 heavy (non-hydrogen) atoms. The zero-order valence-corrected chi connectivity index (χ0v) is 12.5. The summed E-state index contributed by atoms with van der Waals surface area (Å²) in [6, 6.07) is 9.60. The number of primary amides is 1. The van der Waals surface area contributed by atoms with Crippen molar-refractivity contribution in [3.8, 4) is 0 Å². The van der Waals surface area contributed by atoms with Gasteiger partial charge in [0.15, 0.2) is 6.10 Å². The minimum atomic E-state index is -0.733. The summed E-state index contributed by atoms with van der Waals surface area (Å²) in [4.78, 5) is 29.3. The standard InChI is InChI=1S/C17H17N3O3/c18-17(22)15-11-20(9-10-23-15)16(21)6-5-12-7-8-19-14-4-2-1-3-13(12)14/h1-8,15H,9-11H2,(H2,18,22)/b6-5+. The minimum absolute atomic E-state index is 0.166. The number of benzene rings is 1. The molecule has 1 saturated heterocycles. The molecule has 2 N–H and O–H groups in total. The van der Waals surface area contributed by atoms with Crippen LogP contribution in [0.5, 0.6) is 0 Å². The van der Waals surface area contributed by atoms with E-state index >= 15 is 0 Å². The molecule has 2 heterocycles. The number of amides is 2. The van der Waals surface area contributed by atoms with Crippen LogP contribution in [0.3, 0.4) is 0 Å². The van der Waals surface area contributed by atoms with E-state index in [9.17, 15) is 9.59 Å². The lowest BCUT2D eigenvalue weighted by Gasteiger charge is -2.30. The van der Waals surface area contributed by atoms with E-state index < -0.39 is 12.0 Å². The quantitative estimate of drug-likeness (QED) is 0.856. The first-order valence-electron chi connectivity index (χ1n) is 7.37. The van der Waals surface area contributed by atoms with Crippen LogP contribution in [0.1, 0.15) is 5.56 Å². The molecule has 2 aromatic rings. The molecule has 0 saturated carbocycles. The molecule has 118 valence electrons. The normalized spacial score (nSPS) is 18.4. The Kier molecular flexibility index (Phi) is 4.34. The van der Waals surface area contributed by atoms with Crippen LogP contribution in [0.25, 0.3) is 17.0 Å². The number of hydrogen-bond acceptors (Lipinski definition) is 4. The van der Waals surface area contributed by atoms with E-state index in [-0.39, 0.29) is 12.5 Å². The number of carbonyl (C=O) groups is 2. The Hall–Kier alpha value is -2.73. The number of nitrogens with zero attached hydrogens (tertiary/aromatic N) is 2. The average Bonchev–Trinajstić information content (AvgIpc) is 2.59. The van der Waals surface area contributed by atoms with Gasteiger partial charge in [-0.05, 0) is 23.8 Å². The van der Waals surface area contributed by atoms with E-state index in [4.69, 9.17) is 10.5 Å². The van der Waals surface area contributed by atoms with Gasteiger partial charge in [0.2, 0.25) is 11.8 Å². The molecule has 1 aromatic carbocycles. The number of pyridine rings is 1. The molecule has 3 rings (SSSR count). The summed E-state index contributed by atoms with van der Waals surface area (Å²) in [5.41, 5.74) is 7.03. The number of carbonyl (C=O) groups excluding carboxylic acids is 2. The van der Waals surface area contributed by atoms with Gasteiger partial charge < -0.3 is 15.4 Å². The summed E-state index contributed by atoms with van der Waals surface area (Å²) in [7, 11) is 0. The summed E-state index contributed by atoms with van der Waals surface area (Å²) >= 11 is 0. The Morgan fingerprint density at radius 2 is 2.13 bits per heavy atom. The summed E-state index contributed by atoms with van der Waals surface area (Å²) in [5, 5.41) is 0.982. The minimum Gasteiger partial charge on any atom is -0.367 e. The van der Waals surface area contributed by atoms with E-state index in [1.807, 2.05) is 30.3 Å². The second kappa shape index (κ2) is 6.58. The van der Waals surface area contributed by atoms with Crippen LogP contribution in [0.2, 0.25) is 0 Å². The van der Waals surface area contributed by atoms with E-state index in [0.717, 1.165) is 16.5 Å². The van der Waals surface area contributed by atoms with Crippen molar-refractivity contribution in [2.45, 2.75) is 6.10 Å². The maximum absolute atomic E-state index is 12.3. The van der Waals surface area contributed by atoms with Crippen LogP contribution in [-0.4, -0.2) is 47.5 Å². The van der Waals surface area contributed by atoms with Crippen LogP contribution >= 0.6 is 0 Å². The Morgan fingerprint density at radius 1 is 1.30 bits per heavy atom. The fourth-order valence-corrected chi connectivity index (χ4v) is 2.55. The van der Waals surface area contributed by atoms with Crippen LogP contribution in [0, 0.1) is 0 Å². The number of morpholine rings is 1. The van der Waals surface area contributed by atoms with Crippen LogP contribution in [-0.2, 0) is 14.3 Å². The highest BCUT2D eigenvalue weighted by Gasteiger charge is 2.26. The van der Waals surface area contributed by atoms with Gasteiger partial charge in [-0.1, -0.05) is 18.2 Å². The first-order chi connectivity index (χ1) is 11.1. The number of para-hydroxylation sites is 1. The summed E-state index contributed by atoms with van der Waals surface area (Å²) in [6.45, 7) is 0.949. The first-order valence-corrected chi connectivity index (χ1v) is 7.37. The molecule has 1 atom stereocenters. The molecule has 0 bridgehead atoms. The van der Waals surface area contributed by atoms with Gasteiger partial charge in [-0.15, -0.1) is 0 Å². The third-order valence-electron chi connectivity index (χ3n) is 3.78. The zero-order valence-electron chi connectivity index (χ0n) is 12.5. The molecule has 1 aliphatic heterocycles. The van der Waals surface area contributed by atoms with Gasteiger partial charge in [0.05, 0.1) is 18.7 Å². The van der Waals surface area contributed by atoms with Crippen molar-refractivity contribution in [3.05, 3.63) is 48.2 Å². The third kappa shape index (κ3) is 3.37. The molecular formula is C17H17N3O3. The third-order valence-corrected chi connectivity index (χ3v) is 3.78. The number of nitrogens with two attached hydrogens (primary N) is 1. The molecule has 0 spiro atoms. The molecule has 6 heteroatoms. The molecule has 0 aliphatic carbocycles. The van der Waals surface area contributed by atoms with E-state index in [2.05, 4.69) is 4.98 Å². The highest BCUT2D eigenvalue weighted by Crippen LogP contribution is 2.17. The van der Waals surface area contributed by atoms with Crippen LogP contribution in [0.15, 0.2) is 42.6 Å². The summed E-state index contributed by atoms with van der Waals surface area (Å²) in [5.74, 6) is -0.716. The number of fused-ring (bicyclic) bond motifs is 1. The molecule has 0 radical (unpaired) electrons. The monoisotopic (exact) mass is 311 g/mol. The van der Waals surface area contributed by atoms with Gasteiger partial charge in [-0.2, -0.15) is 0 Å². The number of aromatic nitrogens is 1. The topological polar surface area (TPSA) is 85.5 Å². The maximum Gasteiger partial charge on any atom is 0.248 e. The highest BCUT2D eigenvalue weighted by atomic mass is 16.5. The van der Waals surface area contributed by atoms with Gasteiger partial charge in [-0.25, -0.2) is 0 Å². The van der Waals surface area contributed by atoms with Crippen molar-refractivity contribution in [3.63, 3.8) is 0 Å². The summed E-state index contributed by atoms with van der Waals surface area (Å²) < 4.78 is 5.24. The molecule has 2 amide bonds. The smallest absolute Gasteiger partial charge is 0.248 e. The lowest BCUT2D eigenvalue weighted by molar-refractivity contribution is -0.142. The average molecular weight is 311 g/mol. The van der Waals surface area contributed by atoms with Gasteiger partial charge in [0.1, 0.15) is 0 Å². The highest BCUT2D eigenvalue weighted by molar-refractivity contribution is 5.96. The second-order valence-electron chi connectivity index (χ2n) is 5.30. The predicted molar refractivity (Wildman–Crippen MR) is 86.3 cm³/mol. The fourth-order valence-electron chi connectivity index (χ4n) is 2.55. The maximum atomic E-state index is 12.3. The molecule has 1 fully saturated rings. The summed E-state index contributed by atoms with van der Waals surface area (Å²) in [6.07, 6.45) is 4.25. The lowest BCUT2D eigenvalue weighted by atomic mass is 10.1. The van der Waals surface area contributed by atoms with Gasteiger partial charge >= 0.3 is 0 Å². The Bertz CT molecular complexity index is 767. The molecular weight excluding hydrogens is 294 g/mol. The van der Waals surface area contributed by atoms with Crippen molar-refractivity contribution < 1.29 is 14.3 Å². The van der Waals surface area contributed by atoms with Crippen molar-refractivity contribution >= 4 is 28.8 Å². The molecule has 1 aliphatic rings. The van der Waals surface area contributed by atoms with E-state index in [0.29, 0.717) is 13.2 Å². The second-order valence-corrected chi connectivity index (χ2v) is 5.30. The zero-order chi connectivity index (χ0) is 16.2. The van der Waals surface area contributed by atoms with Crippen molar-refractivity contribution in [2.75, 3.05) is 19.7 Å². The fraction of sp³-hybridized carbons (Fsp3) is 0.235. The van der Waals surface area contributed by atoms with E-state index in [1.54, 1.807) is 17.2 Å². The largest absolute Gasteiger partial charge is 0.367 e. The lowest BCUT2D eigenvalue weighted by Crippen LogP contribution is -2.50. The van der Waals surface area contributed by atoms with Crippen LogP contribution in [0.4, 0.5) is 0 Å². The van der Waals surface area contributed by atoms with Crippen molar-refractivity contribution in [1.29, 1.82) is 0 Å². The van der Waals surface area contributed by atoms with Crippen LogP contribution < -0.4 is 5.73 Å². The Morgan fingerprint density at radius 3 is 2.96 bits per heavy atom. The van der Waals surface area contributed by atoms with Crippen molar-refractivity contribution in [1.82, 2.24) is 9.88 Å². The number of ether oxygens (including phenoxy) is 1. The van der Waals surface area contributed by atoms with Gasteiger partial charge in [-0.3, -0.25) is 14.6 Å². The molecule has 6 nitrogen and oxygen atoms in total. The predicted octanol–water partition coefficient (Wildman–Crippen LogP) is 0.961. The van der Waals surface area contributed by atoms with E-state index in [1.165, 1.54) is 6.08 Å². The Labute approximate surface area is 133 Å². The van der Waals surface area contributed by atoms with Crippen molar-refractivity contribution in [2.24, 2.45) is 5.73 Å². The van der Waals surface area contributed by atoms with Gasteiger partial charge in [0.25, 0.3) is 0 Å².